The fourth-order valence-electron chi connectivity index (χ4n) is 3.80. The van der Waals surface area contributed by atoms with Crippen LogP contribution in [0.4, 0.5) is 5.69 Å². The number of anilines is 1. The minimum atomic E-state index is -1.08. The van der Waals surface area contributed by atoms with Gasteiger partial charge < -0.3 is 14.8 Å². The van der Waals surface area contributed by atoms with Gasteiger partial charge in [-0.15, -0.1) is 0 Å². The number of furan rings is 1. The van der Waals surface area contributed by atoms with Crippen molar-refractivity contribution in [3.8, 4) is 11.3 Å². The molecule has 6 nitrogen and oxygen atoms in total. The zero-order valence-electron chi connectivity index (χ0n) is 16.5. The normalized spacial score (nSPS) is 16.4. The predicted octanol–water partition coefficient (Wildman–Crippen LogP) is 5.55. The van der Waals surface area contributed by atoms with Crippen LogP contribution in [0.5, 0.6) is 0 Å². The summed E-state index contributed by atoms with van der Waals surface area (Å²) in [6.45, 7) is 1.20. The van der Waals surface area contributed by atoms with Gasteiger partial charge in [0.2, 0.25) is 5.91 Å². The zero-order valence-corrected chi connectivity index (χ0v) is 18.0. The molecule has 0 unspecified atom stereocenters. The molecule has 1 fully saturated rings. The third-order valence-electron chi connectivity index (χ3n) is 5.30. The molecule has 8 heteroatoms. The average Bonchev–Trinajstić information content (AvgIpc) is 3.40. The van der Waals surface area contributed by atoms with Crippen molar-refractivity contribution in [1.29, 1.82) is 0 Å². The first-order valence-electron chi connectivity index (χ1n) is 9.84. The highest BCUT2D eigenvalue weighted by Gasteiger charge is 2.32. The summed E-state index contributed by atoms with van der Waals surface area (Å²) in [6, 6.07) is 14.9. The number of carboxylic acid groups (broad SMARTS) is 1. The predicted molar refractivity (Wildman–Crippen MR) is 120 cm³/mol. The molecular formula is C23H20Cl2N2O4. The summed E-state index contributed by atoms with van der Waals surface area (Å²) in [6.07, 6.45) is 1.56. The largest absolute Gasteiger partial charge is 0.478 e. The number of carbonyl (C=O) groups excluding carboxylic acids is 1. The minimum absolute atomic E-state index is 0.0643. The maximum atomic E-state index is 12.9. The van der Waals surface area contributed by atoms with E-state index in [4.69, 9.17) is 27.6 Å². The van der Waals surface area contributed by atoms with Crippen LogP contribution in [0.25, 0.3) is 11.3 Å². The fraction of sp³-hybridized carbons (Fsp3) is 0.217. The van der Waals surface area contributed by atoms with Gasteiger partial charge in [-0.05, 0) is 61.9 Å². The van der Waals surface area contributed by atoms with Crippen LogP contribution >= 0.6 is 23.2 Å². The molecule has 1 atom stereocenters. The lowest BCUT2D eigenvalue weighted by molar-refractivity contribution is -0.120. The third kappa shape index (κ3) is 4.77. The number of rotatable bonds is 6. The topological polar surface area (TPSA) is 82.8 Å². The molecule has 0 radical (unpaired) electrons. The van der Waals surface area contributed by atoms with E-state index in [-0.39, 0.29) is 17.5 Å². The van der Waals surface area contributed by atoms with E-state index < -0.39 is 5.97 Å². The molecule has 1 aliphatic heterocycles. The first-order chi connectivity index (χ1) is 14.9. The van der Waals surface area contributed by atoms with Gasteiger partial charge in [0.1, 0.15) is 11.5 Å². The van der Waals surface area contributed by atoms with E-state index in [1.54, 1.807) is 36.4 Å². The summed E-state index contributed by atoms with van der Waals surface area (Å²) >= 11 is 12.3. The smallest absolute Gasteiger partial charge is 0.337 e. The summed E-state index contributed by atoms with van der Waals surface area (Å²) in [5, 5.41) is 13.2. The Labute approximate surface area is 189 Å². The lowest BCUT2D eigenvalue weighted by atomic mass is 10.1. The number of amides is 1. The number of benzene rings is 2. The van der Waals surface area contributed by atoms with Crippen LogP contribution in [-0.2, 0) is 11.3 Å². The van der Waals surface area contributed by atoms with Gasteiger partial charge in [0.05, 0.1) is 28.9 Å². The molecule has 1 amide bonds. The van der Waals surface area contributed by atoms with Crippen molar-refractivity contribution in [2.45, 2.75) is 25.4 Å². The summed E-state index contributed by atoms with van der Waals surface area (Å²) in [5.74, 6) is 0.00703. The van der Waals surface area contributed by atoms with Crippen molar-refractivity contribution in [2.75, 3.05) is 11.9 Å². The maximum Gasteiger partial charge on any atom is 0.337 e. The molecule has 4 rings (SSSR count). The second-order valence-corrected chi connectivity index (χ2v) is 8.20. The highest BCUT2D eigenvalue weighted by molar-refractivity contribution is 6.35. The number of likely N-dealkylation sites (tertiary alicyclic amines) is 1. The Morgan fingerprint density at radius 1 is 1.13 bits per heavy atom. The van der Waals surface area contributed by atoms with Crippen LogP contribution in [-0.4, -0.2) is 34.5 Å². The number of halogens is 2. The van der Waals surface area contributed by atoms with Gasteiger partial charge >= 0.3 is 5.97 Å². The lowest BCUT2D eigenvalue weighted by Crippen LogP contribution is -2.39. The van der Waals surface area contributed by atoms with E-state index in [1.807, 2.05) is 17.0 Å². The number of para-hydroxylation sites is 1. The lowest BCUT2D eigenvalue weighted by Gasteiger charge is -2.23. The highest BCUT2D eigenvalue weighted by Crippen LogP contribution is 2.32. The molecule has 1 aromatic heterocycles. The summed E-state index contributed by atoms with van der Waals surface area (Å²) in [5.41, 5.74) is 1.07. The van der Waals surface area contributed by atoms with Crippen LogP contribution in [0.3, 0.4) is 0 Å². The molecule has 2 N–H and O–H groups in total. The van der Waals surface area contributed by atoms with Gasteiger partial charge in [-0.3, -0.25) is 9.69 Å². The van der Waals surface area contributed by atoms with E-state index in [0.717, 1.165) is 13.0 Å². The molecule has 1 saturated heterocycles. The van der Waals surface area contributed by atoms with Gasteiger partial charge in [-0.2, -0.15) is 0 Å². The minimum Gasteiger partial charge on any atom is -0.478 e. The van der Waals surface area contributed by atoms with Crippen LogP contribution in [0, 0.1) is 0 Å². The molecule has 2 heterocycles. The van der Waals surface area contributed by atoms with Crippen molar-refractivity contribution < 1.29 is 19.1 Å². The number of hydrogen-bond donors (Lipinski definition) is 2. The number of aromatic carboxylic acids is 1. The van der Waals surface area contributed by atoms with E-state index in [1.165, 1.54) is 6.07 Å². The molecule has 2 aromatic carbocycles. The SMILES string of the molecule is O=C(O)c1ccccc1NC(=O)[C@@H]1CCCN1Cc1ccc(-c2cc(Cl)ccc2Cl)o1. The summed E-state index contributed by atoms with van der Waals surface area (Å²) in [7, 11) is 0. The Balaban J connectivity index is 1.47. The Hall–Kier alpha value is -2.80. The van der Waals surface area contributed by atoms with E-state index in [9.17, 15) is 14.7 Å². The first-order valence-corrected chi connectivity index (χ1v) is 10.6. The number of nitrogens with one attached hydrogen (secondary N) is 1. The number of carboxylic acids is 1. The van der Waals surface area contributed by atoms with E-state index in [2.05, 4.69) is 5.32 Å². The molecule has 3 aromatic rings. The van der Waals surface area contributed by atoms with Crippen molar-refractivity contribution in [2.24, 2.45) is 0 Å². The van der Waals surface area contributed by atoms with Crippen LogP contribution in [0.2, 0.25) is 10.0 Å². The first kappa shape index (κ1) is 21.4. The monoisotopic (exact) mass is 458 g/mol. The molecule has 0 aliphatic carbocycles. The Kier molecular flexibility index (Phi) is 6.32. The molecule has 0 spiro atoms. The van der Waals surface area contributed by atoms with Crippen molar-refractivity contribution in [3.05, 3.63) is 76.0 Å². The quantitative estimate of drug-likeness (QED) is 0.505. The molecule has 31 heavy (non-hydrogen) atoms. The number of hydrogen-bond acceptors (Lipinski definition) is 4. The zero-order chi connectivity index (χ0) is 22.0. The Morgan fingerprint density at radius 3 is 2.74 bits per heavy atom. The fourth-order valence-corrected chi connectivity index (χ4v) is 4.18. The molecule has 0 bridgehead atoms. The van der Waals surface area contributed by atoms with Crippen LogP contribution in [0.1, 0.15) is 29.0 Å². The van der Waals surface area contributed by atoms with Crippen LogP contribution < -0.4 is 5.32 Å². The highest BCUT2D eigenvalue weighted by atomic mass is 35.5. The third-order valence-corrected chi connectivity index (χ3v) is 5.86. The molecule has 0 saturated carbocycles. The van der Waals surface area contributed by atoms with Crippen molar-refractivity contribution in [1.82, 2.24) is 4.90 Å². The number of nitrogens with zero attached hydrogens (tertiary/aromatic N) is 1. The molecular weight excluding hydrogens is 439 g/mol. The average molecular weight is 459 g/mol. The second kappa shape index (κ2) is 9.14. The summed E-state index contributed by atoms with van der Waals surface area (Å²) < 4.78 is 5.97. The number of carbonyl (C=O) groups is 2. The summed E-state index contributed by atoms with van der Waals surface area (Å²) in [4.78, 5) is 26.3. The van der Waals surface area contributed by atoms with Crippen molar-refractivity contribution in [3.63, 3.8) is 0 Å². The van der Waals surface area contributed by atoms with E-state index >= 15 is 0 Å². The molecule has 160 valence electrons. The van der Waals surface area contributed by atoms with Gasteiger partial charge in [0.15, 0.2) is 0 Å². The Morgan fingerprint density at radius 2 is 1.94 bits per heavy atom. The molecule has 1 aliphatic rings. The van der Waals surface area contributed by atoms with E-state index in [0.29, 0.717) is 45.8 Å². The van der Waals surface area contributed by atoms with Gasteiger partial charge in [-0.1, -0.05) is 35.3 Å². The van der Waals surface area contributed by atoms with Gasteiger partial charge in [0.25, 0.3) is 0 Å². The van der Waals surface area contributed by atoms with Crippen LogP contribution in [0.15, 0.2) is 59.0 Å². The van der Waals surface area contributed by atoms with Gasteiger partial charge in [0, 0.05) is 10.6 Å². The maximum absolute atomic E-state index is 12.9. The van der Waals surface area contributed by atoms with Gasteiger partial charge in [-0.25, -0.2) is 4.79 Å². The second-order valence-electron chi connectivity index (χ2n) is 7.36. The standard InChI is InChI=1S/C23H20Cl2N2O4/c24-14-7-9-18(25)17(12-14)21-10-8-15(31-21)13-27-11-3-6-20(27)22(28)26-19-5-2-1-4-16(19)23(29)30/h1-2,4-5,7-10,12,20H,3,6,11,13H2,(H,26,28)(H,29,30)/t20-/m0/s1. The van der Waals surface area contributed by atoms with Crippen molar-refractivity contribution >= 4 is 40.8 Å². The Bertz CT molecular complexity index is 1130.